The Labute approximate surface area is 87.5 Å². The van der Waals surface area contributed by atoms with E-state index in [2.05, 4.69) is 10.4 Å². The lowest BCUT2D eigenvalue weighted by Crippen LogP contribution is -2.22. The van der Waals surface area contributed by atoms with Gasteiger partial charge in [-0.2, -0.15) is 5.10 Å². The van der Waals surface area contributed by atoms with E-state index < -0.39 is 12.1 Å². The van der Waals surface area contributed by atoms with Crippen molar-refractivity contribution < 1.29 is 15.0 Å². The van der Waals surface area contributed by atoms with Crippen molar-refractivity contribution in [2.45, 2.75) is 19.4 Å². The summed E-state index contributed by atoms with van der Waals surface area (Å²) in [5, 5.41) is 24.8. The van der Waals surface area contributed by atoms with Gasteiger partial charge >= 0.3 is 5.97 Å². The van der Waals surface area contributed by atoms with Gasteiger partial charge in [0.05, 0.1) is 23.9 Å². The fourth-order valence-electron chi connectivity index (χ4n) is 1.27. The number of aryl methyl sites for hydroxylation is 2. The monoisotopic (exact) mass is 213 g/mol. The maximum Gasteiger partial charge on any atom is 0.306 e. The van der Waals surface area contributed by atoms with E-state index in [9.17, 15) is 9.90 Å². The zero-order chi connectivity index (χ0) is 11.4. The van der Waals surface area contributed by atoms with E-state index >= 15 is 0 Å². The molecule has 0 amide bonds. The maximum absolute atomic E-state index is 10.3. The molecule has 1 aromatic heterocycles. The summed E-state index contributed by atoms with van der Waals surface area (Å²) in [5.74, 6) is -1.01. The number of carbonyl (C=O) groups is 1. The van der Waals surface area contributed by atoms with Gasteiger partial charge in [-0.05, 0) is 6.92 Å². The Balaban J connectivity index is 2.43. The topological polar surface area (TPSA) is 87.4 Å². The summed E-state index contributed by atoms with van der Waals surface area (Å²) in [5.41, 5.74) is 1.63. The van der Waals surface area contributed by atoms with E-state index in [1.165, 1.54) is 0 Å². The van der Waals surface area contributed by atoms with Gasteiger partial charge < -0.3 is 15.5 Å². The Hall–Kier alpha value is -1.56. The molecule has 1 unspecified atom stereocenters. The molecule has 0 saturated carbocycles. The van der Waals surface area contributed by atoms with Gasteiger partial charge in [-0.1, -0.05) is 0 Å². The van der Waals surface area contributed by atoms with Crippen LogP contribution in [0.1, 0.15) is 12.1 Å². The molecule has 84 valence electrons. The summed E-state index contributed by atoms with van der Waals surface area (Å²) in [6.45, 7) is 2.05. The number of aliphatic hydroxyl groups excluding tert-OH is 1. The summed E-state index contributed by atoms with van der Waals surface area (Å²) in [6.07, 6.45) is 0.636. The number of nitrogens with one attached hydrogen (secondary N) is 1. The van der Waals surface area contributed by atoms with Crippen molar-refractivity contribution in [3.63, 3.8) is 0 Å². The van der Waals surface area contributed by atoms with Gasteiger partial charge in [-0.25, -0.2) is 0 Å². The summed E-state index contributed by atoms with van der Waals surface area (Å²) in [7, 11) is 1.80. The van der Waals surface area contributed by atoms with Gasteiger partial charge in [0.15, 0.2) is 0 Å². The van der Waals surface area contributed by atoms with Crippen LogP contribution in [-0.2, 0) is 11.8 Å². The van der Waals surface area contributed by atoms with Gasteiger partial charge in [0.1, 0.15) is 0 Å². The first-order valence-electron chi connectivity index (χ1n) is 4.63. The number of hydrogen-bond acceptors (Lipinski definition) is 4. The largest absolute Gasteiger partial charge is 0.481 e. The first-order chi connectivity index (χ1) is 6.99. The van der Waals surface area contributed by atoms with E-state index in [4.69, 9.17) is 5.11 Å². The van der Waals surface area contributed by atoms with Crippen LogP contribution >= 0.6 is 0 Å². The van der Waals surface area contributed by atoms with E-state index in [0.29, 0.717) is 0 Å². The highest BCUT2D eigenvalue weighted by Crippen LogP contribution is 2.11. The van der Waals surface area contributed by atoms with Crippen LogP contribution in [0.5, 0.6) is 0 Å². The van der Waals surface area contributed by atoms with Crippen LogP contribution < -0.4 is 5.32 Å². The van der Waals surface area contributed by atoms with Crippen molar-refractivity contribution in [1.82, 2.24) is 9.78 Å². The summed E-state index contributed by atoms with van der Waals surface area (Å²) < 4.78 is 1.65. The van der Waals surface area contributed by atoms with Crippen LogP contribution in [0.25, 0.3) is 0 Å². The van der Waals surface area contributed by atoms with E-state index in [1.807, 2.05) is 6.92 Å². The van der Waals surface area contributed by atoms with Gasteiger partial charge in [-0.15, -0.1) is 0 Å². The second kappa shape index (κ2) is 4.79. The Kier molecular flexibility index (Phi) is 3.68. The maximum atomic E-state index is 10.3. The lowest BCUT2D eigenvalue weighted by Gasteiger charge is -2.09. The van der Waals surface area contributed by atoms with Crippen LogP contribution in [0.15, 0.2) is 6.20 Å². The van der Waals surface area contributed by atoms with Crippen molar-refractivity contribution in [2.75, 3.05) is 11.9 Å². The SMILES string of the molecule is Cc1nn(C)cc1NCC(O)CC(=O)O. The molecule has 0 radical (unpaired) electrons. The first-order valence-corrected chi connectivity index (χ1v) is 4.63. The minimum absolute atomic E-state index is 0.207. The summed E-state index contributed by atoms with van der Waals surface area (Å²) in [4.78, 5) is 10.3. The fourth-order valence-corrected chi connectivity index (χ4v) is 1.27. The van der Waals surface area contributed by atoms with E-state index in [-0.39, 0.29) is 13.0 Å². The van der Waals surface area contributed by atoms with Crippen molar-refractivity contribution in [1.29, 1.82) is 0 Å². The number of carboxylic acids is 1. The molecule has 15 heavy (non-hydrogen) atoms. The standard InChI is InChI=1S/C9H15N3O3/c1-6-8(5-12(2)11-6)10-4-7(13)3-9(14)15/h5,7,10,13H,3-4H2,1-2H3,(H,14,15). The first kappa shape index (κ1) is 11.5. The minimum atomic E-state index is -1.01. The molecule has 1 heterocycles. The quantitative estimate of drug-likeness (QED) is 0.639. The van der Waals surface area contributed by atoms with Crippen molar-refractivity contribution in [3.8, 4) is 0 Å². The number of carboxylic acid groups (broad SMARTS) is 1. The molecule has 0 aromatic carbocycles. The molecule has 0 aliphatic rings. The number of aromatic nitrogens is 2. The Morgan fingerprint density at radius 1 is 1.73 bits per heavy atom. The molecule has 1 aromatic rings. The summed E-state index contributed by atoms with van der Waals surface area (Å²) >= 11 is 0. The molecule has 0 aliphatic heterocycles. The molecule has 0 spiro atoms. The molecular formula is C9H15N3O3. The second-order valence-electron chi connectivity index (χ2n) is 3.43. The minimum Gasteiger partial charge on any atom is -0.481 e. The lowest BCUT2D eigenvalue weighted by atomic mass is 10.2. The number of rotatable bonds is 5. The number of hydrogen-bond donors (Lipinski definition) is 3. The third-order valence-corrected chi connectivity index (χ3v) is 1.95. The highest BCUT2D eigenvalue weighted by Gasteiger charge is 2.10. The Morgan fingerprint density at radius 3 is 2.87 bits per heavy atom. The van der Waals surface area contributed by atoms with E-state index in [0.717, 1.165) is 11.4 Å². The van der Waals surface area contributed by atoms with E-state index in [1.54, 1.807) is 17.9 Å². The number of aliphatic hydroxyl groups is 1. The lowest BCUT2D eigenvalue weighted by molar-refractivity contribution is -0.138. The molecule has 1 rings (SSSR count). The number of nitrogens with zero attached hydrogens (tertiary/aromatic N) is 2. The van der Waals surface area contributed by atoms with Crippen molar-refractivity contribution in [2.24, 2.45) is 7.05 Å². The molecule has 1 atom stereocenters. The molecule has 6 nitrogen and oxygen atoms in total. The normalized spacial score (nSPS) is 12.5. The molecule has 0 aliphatic carbocycles. The van der Waals surface area contributed by atoms with Gasteiger partial charge in [-0.3, -0.25) is 9.48 Å². The molecule has 3 N–H and O–H groups in total. The predicted octanol–water partition coefficient (Wildman–Crippen LogP) is -0.0240. The van der Waals surface area contributed by atoms with Crippen LogP contribution in [0.4, 0.5) is 5.69 Å². The van der Waals surface area contributed by atoms with Crippen molar-refractivity contribution in [3.05, 3.63) is 11.9 Å². The zero-order valence-electron chi connectivity index (χ0n) is 8.77. The molecule has 0 bridgehead atoms. The smallest absolute Gasteiger partial charge is 0.306 e. The Morgan fingerprint density at radius 2 is 2.40 bits per heavy atom. The predicted molar refractivity (Wildman–Crippen MR) is 54.7 cm³/mol. The highest BCUT2D eigenvalue weighted by atomic mass is 16.4. The number of anilines is 1. The molecular weight excluding hydrogens is 198 g/mol. The van der Waals surface area contributed by atoms with Gasteiger partial charge in [0.2, 0.25) is 0 Å². The third-order valence-electron chi connectivity index (χ3n) is 1.95. The second-order valence-corrected chi connectivity index (χ2v) is 3.43. The molecule has 6 heteroatoms. The highest BCUT2D eigenvalue weighted by molar-refractivity contribution is 5.67. The molecule has 0 saturated heterocycles. The molecule has 0 fully saturated rings. The average molecular weight is 213 g/mol. The van der Waals surface area contributed by atoms with Crippen molar-refractivity contribution >= 4 is 11.7 Å². The average Bonchev–Trinajstić information content (AvgIpc) is 2.40. The van der Waals surface area contributed by atoms with Gasteiger partial charge in [0, 0.05) is 19.8 Å². The van der Waals surface area contributed by atoms with Crippen LogP contribution in [0, 0.1) is 6.92 Å². The van der Waals surface area contributed by atoms with Gasteiger partial charge in [0.25, 0.3) is 0 Å². The van der Waals surface area contributed by atoms with Crippen LogP contribution in [-0.4, -0.2) is 38.6 Å². The summed E-state index contributed by atoms with van der Waals surface area (Å²) in [6, 6.07) is 0. The van der Waals surface area contributed by atoms with Crippen LogP contribution in [0.3, 0.4) is 0 Å². The fraction of sp³-hybridized carbons (Fsp3) is 0.556. The third kappa shape index (κ3) is 3.59. The zero-order valence-corrected chi connectivity index (χ0v) is 8.77. The van der Waals surface area contributed by atoms with Crippen LogP contribution in [0.2, 0.25) is 0 Å². The Bertz CT molecular complexity index is 348. The number of aliphatic carboxylic acids is 1.